The van der Waals surface area contributed by atoms with Crippen molar-refractivity contribution in [2.45, 2.75) is 39.2 Å². The summed E-state index contributed by atoms with van der Waals surface area (Å²) in [6.07, 6.45) is 5.91. The summed E-state index contributed by atoms with van der Waals surface area (Å²) in [4.78, 5) is 1.49. The highest BCUT2D eigenvalue weighted by Crippen LogP contribution is 2.27. The summed E-state index contributed by atoms with van der Waals surface area (Å²) < 4.78 is 0. The lowest BCUT2D eigenvalue weighted by atomic mass is 10.1. The number of hydrogen-bond donors (Lipinski definition) is 1. The largest absolute Gasteiger partial charge is 0.311 e. The smallest absolute Gasteiger partial charge is 0.0302 e. The standard InChI is InChI=1S/C14H23NS2/c1-12-6-8-17-14(12)10-15-7-9-16-11-13-4-2-3-5-13/h6,8,13,15H,2-5,7,9-11H2,1H3. The maximum absolute atomic E-state index is 3.54. The molecule has 1 aromatic rings. The first kappa shape index (κ1) is 13.4. The Morgan fingerprint density at radius 2 is 2.24 bits per heavy atom. The van der Waals surface area contributed by atoms with Gasteiger partial charge in [0.1, 0.15) is 0 Å². The summed E-state index contributed by atoms with van der Waals surface area (Å²) >= 11 is 4.00. The fourth-order valence-corrected chi connectivity index (χ4v) is 4.36. The molecule has 0 bridgehead atoms. The lowest BCUT2D eigenvalue weighted by Gasteiger charge is -2.08. The predicted octanol–water partition coefficient (Wildman–Crippen LogP) is 4.07. The highest BCUT2D eigenvalue weighted by Gasteiger charge is 2.14. The fraction of sp³-hybridized carbons (Fsp3) is 0.714. The van der Waals surface area contributed by atoms with Crippen LogP contribution in [0.2, 0.25) is 0 Å². The second-order valence-corrected chi connectivity index (χ2v) is 7.08. The number of thioether (sulfide) groups is 1. The lowest BCUT2D eigenvalue weighted by molar-refractivity contribution is 0.622. The van der Waals surface area contributed by atoms with Crippen molar-refractivity contribution in [3.63, 3.8) is 0 Å². The SMILES string of the molecule is Cc1ccsc1CNCCSCC1CCCC1. The van der Waals surface area contributed by atoms with Crippen molar-refractivity contribution in [2.75, 3.05) is 18.1 Å². The van der Waals surface area contributed by atoms with Crippen molar-refractivity contribution in [2.24, 2.45) is 5.92 Å². The van der Waals surface area contributed by atoms with E-state index in [1.165, 1.54) is 47.6 Å². The van der Waals surface area contributed by atoms with Gasteiger partial charge in [-0.3, -0.25) is 0 Å². The summed E-state index contributed by atoms with van der Waals surface area (Å²) in [5, 5.41) is 5.73. The van der Waals surface area contributed by atoms with Crippen LogP contribution < -0.4 is 5.32 Å². The van der Waals surface area contributed by atoms with Crippen LogP contribution in [0.15, 0.2) is 11.4 Å². The Balaban J connectivity index is 1.47. The second kappa shape index (κ2) is 7.45. The van der Waals surface area contributed by atoms with Crippen LogP contribution in [0.1, 0.15) is 36.1 Å². The minimum atomic E-state index is 1.03. The molecule has 17 heavy (non-hydrogen) atoms. The van der Waals surface area contributed by atoms with Crippen LogP contribution in [0.4, 0.5) is 0 Å². The van der Waals surface area contributed by atoms with Gasteiger partial charge in [-0.15, -0.1) is 11.3 Å². The molecule has 0 unspecified atom stereocenters. The van der Waals surface area contributed by atoms with Crippen LogP contribution in [0.5, 0.6) is 0 Å². The Hall–Kier alpha value is 0.01000. The van der Waals surface area contributed by atoms with Gasteiger partial charge in [0.25, 0.3) is 0 Å². The Bertz CT molecular complexity index is 316. The van der Waals surface area contributed by atoms with Crippen LogP contribution in [0.25, 0.3) is 0 Å². The van der Waals surface area contributed by atoms with Gasteiger partial charge in [0, 0.05) is 23.7 Å². The summed E-state index contributed by atoms with van der Waals surface area (Å²) in [5.41, 5.74) is 1.43. The first-order valence-electron chi connectivity index (χ1n) is 6.67. The number of nitrogens with one attached hydrogen (secondary N) is 1. The van der Waals surface area contributed by atoms with Crippen molar-refractivity contribution >= 4 is 23.1 Å². The normalized spacial score (nSPS) is 16.8. The Kier molecular flexibility index (Phi) is 5.89. The quantitative estimate of drug-likeness (QED) is 0.749. The molecular weight excluding hydrogens is 246 g/mol. The van der Waals surface area contributed by atoms with E-state index in [1.54, 1.807) is 0 Å². The number of rotatable bonds is 7. The molecule has 0 spiro atoms. The van der Waals surface area contributed by atoms with Crippen LogP contribution in [-0.2, 0) is 6.54 Å². The molecule has 1 aromatic heterocycles. The van der Waals surface area contributed by atoms with Gasteiger partial charge < -0.3 is 5.32 Å². The third-order valence-electron chi connectivity index (χ3n) is 3.51. The summed E-state index contributed by atoms with van der Waals surface area (Å²) in [6.45, 7) is 4.39. The van der Waals surface area contributed by atoms with Gasteiger partial charge in [0.15, 0.2) is 0 Å². The van der Waals surface area contributed by atoms with Crippen molar-refractivity contribution < 1.29 is 0 Å². The molecule has 0 atom stereocenters. The number of hydrogen-bond acceptors (Lipinski definition) is 3. The molecule has 1 nitrogen and oxygen atoms in total. The van der Waals surface area contributed by atoms with Crippen LogP contribution in [0.3, 0.4) is 0 Å². The van der Waals surface area contributed by atoms with Gasteiger partial charge in [-0.2, -0.15) is 11.8 Å². The minimum absolute atomic E-state index is 1.03. The van der Waals surface area contributed by atoms with E-state index in [4.69, 9.17) is 0 Å². The van der Waals surface area contributed by atoms with E-state index in [0.717, 1.165) is 19.0 Å². The van der Waals surface area contributed by atoms with Gasteiger partial charge in [0.05, 0.1) is 0 Å². The first-order chi connectivity index (χ1) is 8.36. The van der Waals surface area contributed by atoms with E-state index < -0.39 is 0 Å². The molecule has 1 saturated carbocycles. The zero-order chi connectivity index (χ0) is 11.9. The topological polar surface area (TPSA) is 12.0 Å². The molecule has 1 heterocycles. The molecule has 0 aliphatic heterocycles. The Morgan fingerprint density at radius 3 is 2.94 bits per heavy atom. The van der Waals surface area contributed by atoms with Crippen molar-refractivity contribution in [1.82, 2.24) is 5.32 Å². The third kappa shape index (κ3) is 4.65. The second-order valence-electron chi connectivity index (χ2n) is 4.93. The molecule has 0 amide bonds. The molecule has 96 valence electrons. The van der Waals surface area contributed by atoms with Crippen molar-refractivity contribution in [1.29, 1.82) is 0 Å². The van der Waals surface area contributed by atoms with Crippen LogP contribution in [0, 0.1) is 12.8 Å². The van der Waals surface area contributed by atoms with E-state index in [9.17, 15) is 0 Å². The maximum Gasteiger partial charge on any atom is 0.0302 e. The average Bonchev–Trinajstić information content (AvgIpc) is 2.95. The van der Waals surface area contributed by atoms with Gasteiger partial charge in [-0.1, -0.05) is 12.8 Å². The van der Waals surface area contributed by atoms with Gasteiger partial charge in [-0.05, 0) is 48.4 Å². The summed E-state index contributed by atoms with van der Waals surface area (Å²) in [6, 6.07) is 2.20. The van der Waals surface area contributed by atoms with Crippen molar-refractivity contribution in [3.8, 4) is 0 Å². The summed E-state index contributed by atoms with van der Waals surface area (Å²) in [5.74, 6) is 3.68. The van der Waals surface area contributed by atoms with Crippen molar-refractivity contribution in [3.05, 3.63) is 21.9 Å². The Morgan fingerprint density at radius 1 is 1.41 bits per heavy atom. The molecule has 1 fully saturated rings. The fourth-order valence-electron chi connectivity index (χ4n) is 2.36. The van der Waals surface area contributed by atoms with E-state index in [-0.39, 0.29) is 0 Å². The van der Waals surface area contributed by atoms with Crippen LogP contribution in [-0.4, -0.2) is 18.1 Å². The zero-order valence-electron chi connectivity index (χ0n) is 10.7. The molecule has 0 radical (unpaired) electrons. The molecule has 1 aliphatic rings. The highest BCUT2D eigenvalue weighted by molar-refractivity contribution is 7.99. The molecular formula is C14H23NS2. The van der Waals surface area contributed by atoms with Crippen LogP contribution >= 0.6 is 23.1 Å². The summed E-state index contributed by atoms with van der Waals surface area (Å²) in [7, 11) is 0. The monoisotopic (exact) mass is 269 g/mol. The lowest BCUT2D eigenvalue weighted by Crippen LogP contribution is -2.16. The number of aryl methyl sites for hydroxylation is 1. The van der Waals surface area contributed by atoms with E-state index in [1.807, 2.05) is 11.3 Å². The molecule has 2 rings (SSSR count). The van der Waals surface area contributed by atoms with E-state index in [2.05, 4.69) is 35.4 Å². The molecule has 1 aliphatic carbocycles. The van der Waals surface area contributed by atoms with E-state index in [0.29, 0.717) is 0 Å². The predicted molar refractivity (Wildman–Crippen MR) is 80.0 cm³/mol. The van der Waals surface area contributed by atoms with E-state index >= 15 is 0 Å². The highest BCUT2D eigenvalue weighted by atomic mass is 32.2. The maximum atomic E-state index is 3.54. The molecule has 1 N–H and O–H groups in total. The average molecular weight is 269 g/mol. The first-order valence-corrected chi connectivity index (χ1v) is 8.71. The Labute approximate surface area is 113 Å². The third-order valence-corrected chi connectivity index (χ3v) is 5.73. The van der Waals surface area contributed by atoms with Gasteiger partial charge in [0.2, 0.25) is 0 Å². The minimum Gasteiger partial charge on any atom is -0.311 e. The molecule has 0 saturated heterocycles. The van der Waals surface area contributed by atoms with Gasteiger partial charge >= 0.3 is 0 Å². The number of thiophene rings is 1. The molecule has 0 aromatic carbocycles. The van der Waals surface area contributed by atoms with Gasteiger partial charge in [-0.25, -0.2) is 0 Å². The zero-order valence-corrected chi connectivity index (χ0v) is 12.3. The molecule has 3 heteroatoms.